The third kappa shape index (κ3) is 4.55. The van der Waals surface area contributed by atoms with Crippen LogP contribution in [0.4, 0.5) is 4.79 Å². The van der Waals surface area contributed by atoms with Crippen molar-refractivity contribution < 1.29 is 19.1 Å². The summed E-state index contributed by atoms with van der Waals surface area (Å²) in [5, 5.41) is 2.72. The van der Waals surface area contributed by atoms with Gasteiger partial charge in [0, 0.05) is 6.54 Å². The topological polar surface area (TPSA) is 64.6 Å². The van der Waals surface area contributed by atoms with Gasteiger partial charge in [-0.3, -0.25) is 4.79 Å². The van der Waals surface area contributed by atoms with Crippen LogP contribution < -0.4 is 5.32 Å². The molecule has 2 atom stereocenters. The first-order valence-electron chi connectivity index (χ1n) is 6.38. The Kier molecular flexibility index (Phi) is 4.99. The molecule has 0 saturated heterocycles. The quantitative estimate of drug-likeness (QED) is 0.786. The molecular weight excluding hydrogens is 234 g/mol. The Morgan fingerprint density at radius 3 is 2.50 bits per heavy atom. The van der Waals surface area contributed by atoms with Gasteiger partial charge in [-0.25, -0.2) is 4.79 Å². The highest BCUT2D eigenvalue weighted by molar-refractivity contribution is 5.73. The van der Waals surface area contributed by atoms with Gasteiger partial charge in [0.05, 0.1) is 13.0 Å². The van der Waals surface area contributed by atoms with Crippen LogP contribution in [-0.2, 0) is 14.3 Å². The molecule has 0 aromatic rings. The monoisotopic (exact) mass is 257 g/mol. The van der Waals surface area contributed by atoms with Gasteiger partial charge in [-0.05, 0) is 39.5 Å². The van der Waals surface area contributed by atoms with Gasteiger partial charge in [0.1, 0.15) is 5.60 Å². The minimum absolute atomic E-state index is 0.0927. The molecule has 0 aromatic heterocycles. The lowest BCUT2D eigenvalue weighted by atomic mass is 9.96. The summed E-state index contributed by atoms with van der Waals surface area (Å²) in [6, 6.07) is 0. The molecule has 5 heteroatoms. The lowest BCUT2D eigenvalue weighted by Crippen LogP contribution is -2.37. The highest BCUT2D eigenvalue weighted by Gasteiger charge is 2.34. The number of rotatable bonds is 3. The van der Waals surface area contributed by atoms with Crippen LogP contribution in [0.2, 0.25) is 0 Å². The predicted molar refractivity (Wildman–Crippen MR) is 67.1 cm³/mol. The smallest absolute Gasteiger partial charge is 0.407 e. The van der Waals surface area contributed by atoms with Crippen molar-refractivity contribution in [2.24, 2.45) is 11.8 Å². The summed E-state index contributed by atoms with van der Waals surface area (Å²) in [5.74, 6) is -0.113. The van der Waals surface area contributed by atoms with E-state index in [1.165, 1.54) is 7.11 Å². The average Bonchev–Trinajstić information content (AvgIpc) is 2.71. The van der Waals surface area contributed by atoms with Gasteiger partial charge in [0.15, 0.2) is 0 Å². The van der Waals surface area contributed by atoms with Crippen LogP contribution >= 0.6 is 0 Å². The first-order chi connectivity index (χ1) is 8.33. The minimum atomic E-state index is -0.499. The zero-order valence-corrected chi connectivity index (χ0v) is 11.6. The minimum Gasteiger partial charge on any atom is -0.469 e. The number of esters is 1. The molecule has 104 valence electrons. The maximum absolute atomic E-state index is 11.5. The Morgan fingerprint density at radius 1 is 1.28 bits per heavy atom. The van der Waals surface area contributed by atoms with E-state index in [1.807, 2.05) is 20.8 Å². The van der Waals surface area contributed by atoms with Crippen molar-refractivity contribution in [1.29, 1.82) is 0 Å². The number of alkyl carbamates (subject to hydrolysis) is 1. The van der Waals surface area contributed by atoms with Gasteiger partial charge >= 0.3 is 12.1 Å². The Hall–Kier alpha value is -1.26. The molecule has 0 radical (unpaired) electrons. The van der Waals surface area contributed by atoms with Crippen LogP contribution in [0.25, 0.3) is 0 Å². The molecule has 1 rings (SSSR count). The highest BCUT2D eigenvalue weighted by Crippen LogP contribution is 2.32. The second kappa shape index (κ2) is 6.07. The van der Waals surface area contributed by atoms with Gasteiger partial charge < -0.3 is 14.8 Å². The average molecular weight is 257 g/mol. The normalized spacial score (nSPS) is 23.6. The third-order valence-corrected chi connectivity index (χ3v) is 3.07. The van der Waals surface area contributed by atoms with E-state index in [1.54, 1.807) is 0 Å². The van der Waals surface area contributed by atoms with E-state index in [0.717, 1.165) is 19.3 Å². The molecule has 1 fully saturated rings. The van der Waals surface area contributed by atoms with E-state index in [2.05, 4.69) is 5.32 Å². The summed E-state index contributed by atoms with van der Waals surface area (Å²) in [6.07, 6.45) is 2.35. The number of amides is 1. The standard InChI is InChI=1S/C13H23NO4/c1-13(2,3)18-12(16)14-8-9-6-5-7-10(9)11(15)17-4/h9-10H,5-8H2,1-4H3,(H,14,16)/t9-,10-/m0/s1. The van der Waals surface area contributed by atoms with Crippen molar-refractivity contribution in [2.45, 2.75) is 45.6 Å². The highest BCUT2D eigenvalue weighted by atomic mass is 16.6. The molecular formula is C13H23NO4. The molecule has 0 heterocycles. The molecule has 0 aromatic carbocycles. The van der Waals surface area contributed by atoms with Crippen molar-refractivity contribution in [3.8, 4) is 0 Å². The first kappa shape index (κ1) is 14.8. The lowest BCUT2D eigenvalue weighted by molar-refractivity contribution is -0.146. The molecule has 1 N–H and O–H groups in total. The van der Waals surface area contributed by atoms with Crippen molar-refractivity contribution in [2.75, 3.05) is 13.7 Å². The summed E-state index contributed by atoms with van der Waals surface area (Å²) in [4.78, 5) is 23.0. The fraction of sp³-hybridized carbons (Fsp3) is 0.846. The first-order valence-corrected chi connectivity index (χ1v) is 6.38. The molecule has 0 bridgehead atoms. The second-order valence-electron chi connectivity index (χ2n) is 5.70. The van der Waals surface area contributed by atoms with Crippen LogP contribution in [0.3, 0.4) is 0 Å². The van der Waals surface area contributed by atoms with Crippen molar-refractivity contribution in [3.05, 3.63) is 0 Å². The van der Waals surface area contributed by atoms with E-state index in [9.17, 15) is 9.59 Å². The van der Waals surface area contributed by atoms with Gasteiger partial charge in [-0.2, -0.15) is 0 Å². The number of carbonyl (C=O) groups excluding carboxylic acids is 2. The van der Waals surface area contributed by atoms with E-state index >= 15 is 0 Å². The Morgan fingerprint density at radius 2 is 1.94 bits per heavy atom. The third-order valence-electron chi connectivity index (χ3n) is 3.07. The molecule has 1 saturated carbocycles. The summed E-state index contributed by atoms with van der Waals surface area (Å²) < 4.78 is 9.92. The van der Waals surface area contributed by atoms with Crippen LogP contribution in [-0.4, -0.2) is 31.3 Å². The SMILES string of the molecule is COC(=O)[C@H]1CCC[C@H]1CNC(=O)OC(C)(C)C. The van der Waals surface area contributed by atoms with E-state index < -0.39 is 11.7 Å². The summed E-state index contributed by atoms with van der Waals surface area (Å²) >= 11 is 0. The molecule has 5 nitrogen and oxygen atoms in total. The van der Waals surface area contributed by atoms with E-state index in [4.69, 9.17) is 9.47 Å². The molecule has 18 heavy (non-hydrogen) atoms. The molecule has 1 aliphatic rings. The van der Waals surface area contributed by atoms with Gasteiger partial charge in [-0.15, -0.1) is 0 Å². The second-order valence-corrected chi connectivity index (χ2v) is 5.70. The number of carbonyl (C=O) groups is 2. The maximum Gasteiger partial charge on any atom is 0.407 e. The van der Waals surface area contributed by atoms with Crippen LogP contribution in [0.15, 0.2) is 0 Å². The van der Waals surface area contributed by atoms with Crippen molar-refractivity contribution in [3.63, 3.8) is 0 Å². The molecule has 1 amide bonds. The van der Waals surface area contributed by atoms with Crippen molar-refractivity contribution >= 4 is 12.1 Å². The fourth-order valence-electron chi connectivity index (χ4n) is 2.27. The van der Waals surface area contributed by atoms with Gasteiger partial charge in [0.2, 0.25) is 0 Å². The molecule has 1 aliphatic carbocycles. The number of methoxy groups -OCH3 is 1. The summed E-state index contributed by atoms with van der Waals surface area (Å²) in [5.41, 5.74) is -0.499. The lowest BCUT2D eigenvalue weighted by Gasteiger charge is -2.22. The predicted octanol–water partition coefficient (Wildman–Crippen LogP) is 2.10. The van der Waals surface area contributed by atoms with E-state index in [-0.39, 0.29) is 17.8 Å². The number of ether oxygens (including phenoxy) is 2. The molecule has 0 spiro atoms. The number of hydrogen-bond donors (Lipinski definition) is 1. The zero-order valence-electron chi connectivity index (χ0n) is 11.6. The Balaban J connectivity index is 2.38. The van der Waals surface area contributed by atoms with Gasteiger partial charge in [-0.1, -0.05) is 6.42 Å². The van der Waals surface area contributed by atoms with Crippen LogP contribution in [0, 0.1) is 11.8 Å². The summed E-state index contributed by atoms with van der Waals surface area (Å²) in [6.45, 7) is 5.92. The van der Waals surface area contributed by atoms with E-state index in [0.29, 0.717) is 6.54 Å². The largest absolute Gasteiger partial charge is 0.469 e. The van der Waals surface area contributed by atoms with Crippen LogP contribution in [0.5, 0.6) is 0 Å². The maximum atomic E-state index is 11.5. The van der Waals surface area contributed by atoms with Crippen molar-refractivity contribution in [1.82, 2.24) is 5.32 Å². The van der Waals surface area contributed by atoms with Gasteiger partial charge in [0.25, 0.3) is 0 Å². The fourth-order valence-corrected chi connectivity index (χ4v) is 2.27. The summed E-state index contributed by atoms with van der Waals surface area (Å²) in [7, 11) is 1.40. The number of nitrogens with one attached hydrogen (secondary N) is 1. The Bertz CT molecular complexity index is 309. The number of hydrogen-bond acceptors (Lipinski definition) is 4. The molecule has 0 unspecified atom stereocenters. The molecule has 0 aliphatic heterocycles. The van der Waals surface area contributed by atoms with Crippen LogP contribution in [0.1, 0.15) is 40.0 Å². The Labute approximate surface area is 108 Å². The zero-order chi connectivity index (χ0) is 13.8.